The number of aromatic nitrogens is 1. The summed E-state index contributed by atoms with van der Waals surface area (Å²) in [5.41, 5.74) is 1.44. The Labute approximate surface area is 85.7 Å². The molecular weight excluding hydrogens is 172 g/mol. The van der Waals surface area contributed by atoms with E-state index in [1.807, 2.05) is 12.4 Å². The second-order valence-corrected chi connectivity index (χ2v) is 4.16. The molecule has 2 rings (SSSR count). The van der Waals surface area contributed by atoms with Crippen LogP contribution in [0.2, 0.25) is 0 Å². The van der Waals surface area contributed by atoms with Crippen LogP contribution in [-0.2, 0) is 0 Å². The molecule has 2 heterocycles. The summed E-state index contributed by atoms with van der Waals surface area (Å²) in [5, 5.41) is 3.41. The van der Waals surface area contributed by atoms with Crippen molar-refractivity contribution in [1.29, 1.82) is 0 Å². The Morgan fingerprint density at radius 1 is 1.29 bits per heavy atom. The maximum Gasteiger partial charge on any atom is 0.0270 e. The van der Waals surface area contributed by atoms with E-state index in [0.717, 1.165) is 5.92 Å². The minimum atomic E-state index is 0.681. The smallest absolute Gasteiger partial charge is 0.0270 e. The van der Waals surface area contributed by atoms with Crippen LogP contribution >= 0.6 is 0 Å². The molecule has 1 aromatic rings. The van der Waals surface area contributed by atoms with Gasteiger partial charge < -0.3 is 5.32 Å². The molecule has 1 aromatic heterocycles. The van der Waals surface area contributed by atoms with Gasteiger partial charge in [0.1, 0.15) is 0 Å². The lowest BCUT2D eigenvalue weighted by Crippen LogP contribution is -2.30. The Morgan fingerprint density at radius 2 is 1.93 bits per heavy atom. The van der Waals surface area contributed by atoms with Crippen LogP contribution in [-0.4, -0.2) is 18.1 Å². The number of nitrogens with zero attached hydrogens (tertiary/aromatic N) is 1. The van der Waals surface area contributed by atoms with E-state index < -0.39 is 0 Å². The van der Waals surface area contributed by atoms with Crippen molar-refractivity contribution in [2.24, 2.45) is 5.92 Å². The molecule has 2 nitrogen and oxygen atoms in total. The summed E-state index contributed by atoms with van der Waals surface area (Å²) in [6.07, 6.45) is 6.41. The second kappa shape index (κ2) is 4.56. The van der Waals surface area contributed by atoms with E-state index in [1.165, 1.54) is 31.5 Å². The van der Waals surface area contributed by atoms with Crippen molar-refractivity contribution in [3.63, 3.8) is 0 Å². The van der Waals surface area contributed by atoms with E-state index >= 15 is 0 Å². The molecule has 76 valence electrons. The van der Waals surface area contributed by atoms with Crippen LogP contribution in [0.4, 0.5) is 0 Å². The summed E-state index contributed by atoms with van der Waals surface area (Å²) >= 11 is 0. The Balaban J connectivity index is 2.03. The first-order valence-corrected chi connectivity index (χ1v) is 5.48. The van der Waals surface area contributed by atoms with Gasteiger partial charge in [-0.15, -0.1) is 0 Å². The molecule has 1 N–H and O–H groups in total. The van der Waals surface area contributed by atoms with Crippen LogP contribution in [0.25, 0.3) is 0 Å². The highest BCUT2D eigenvalue weighted by Crippen LogP contribution is 2.29. The molecule has 14 heavy (non-hydrogen) atoms. The minimum absolute atomic E-state index is 0.681. The maximum atomic E-state index is 4.06. The van der Waals surface area contributed by atoms with Crippen LogP contribution < -0.4 is 5.32 Å². The van der Waals surface area contributed by atoms with E-state index in [2.05, 4.69) is 29.4 Å². The van der Waals surface area contributed by atoms with Gasteiger partial charge in [-0.3, -0.25) is 4.98 Å². The molecule has 0 aromatic carbocycles. The third-order valence-electron chi connectivity index (χ3n) is 3.32. The Kier molecular flexibility index (Phi) is 3.14. The Morgan fingerprint density at radius 3 is 2.57 bits per heavy atom. The number of hydrogen-bond donors (Lipinski definition) is 1. The molecule has 0 bridgehead atoms. The van der Waals surface area contributed by atoms with Gasteiger partial charge in [0, 0.05) is 12.4 Å². The third kappa shape index (κ3) is 2.13. The van der Waals surface area contributed by atoms with Gasteiger partial charge in [-0.05, 0) is 55.5 Å². The Hall–Kier alpha value is -0.890. The van der Waals surface area contributed by atoms with Crippen LogP contribution in [0.3, 0.4) is 0 Å². The standard InChI is InChI=1S/C12H18N2/c1-10(11-2-6-13-7-3-11)12-4-8-14-9-5-12/h2-3,6-7,10,12,14H,4-5,8-9H2,1H3. The average Bonchev–Trinajstić information content (AvgIpc) is 2.30. The molecule has 1 saturated heterocycles. The normalized spacial score (nSPS) is 20.6. The number of piperidine rings is 1. The molecule has 1 aliphatic rings. The van der Waals surface area contributed by atoms with Gasteiger partial charge in [-0.25, -0.2) is 0 Å². The lowest BCUT2D eigenvalue weighted by molar-refractivity contribution is 0.330. The molecule has 0 saturated carbocycles. The highest BCUT2D eigenvalue weighted by Gasteiger charge is 2.20. The zero-order chi connectivity index (χ0) is 9.80. The van der Waals surface area contributed by atoms with E-state index in [-0.39, 0.29) is 0 Å². The van der Waals surface area contributed by atoms with Gasteiger partial charge in [0.05, 0.1) is 0 Å². The lowest BCUT2D eigenvalue weighted by atomic mass is 9.82. The SMILES string of the molecule is CC(c1ccncc1)C1CCNCC1. The van der Waals surface area contributed by atoms with Gasteiger partial charge >= 0.3 is 0 Å². The quantitative estimate of drug-likeness (QED) is 0.773. The van der Waals surface area contributed by atoms with Crippen molar-refractivity contribution in [1.82, 2.24) is 10.3 Å². The topological polar surface area (TPSA) is 24.9 Å². The van der Waals surface area contributed by atoms with E-state index in [1.54, 1.807) is 0 Å². The largest absolute Gasteiger partial charge is 0.317 e. The first-order chi connectivity index (χ1) is 6.88. The van der Waals surface area contributed by atoms with Crippen molar-refractivity contribution >= 4 is 0 Å². The first kappa shape index (κ1) is 9.66. The van der Waals surface area contributed by atoms with Gasteiger partial charge in [0.15, 0.2) is 0 Å². The predicted octanol–water partition coefficient (Wildman–Crippen LogP) is 2.18. The van der Waals surface area contributed by atoms with E-state index in [0.29, 0.717) is 5.92 Å². The zero-order valence-corrected chi connectivity index (χ0v) is 8.74. The highest BCUT2D eigenvalue weighted by atomic mass is 14.9. The van der Waals surface area contributed by atoms with Crippen LogP contribution in [0.5, 0.6) is 0 Å². The fraction of sp³-hybridized carbons (Fsp3) is 0.583. The average molecular weight is 190 g/mol. The monoisotopic (exact) mass is 190 g/mol. The minimum Gasteiger partial charge on any atom is -0.317 e. The predicted molar refractivity (Wildman–Crippen MR) is 58.2 cm³/mol. The summed E-state index contributed by atoms with van der Waals surface area (Å²) in [5.74, 6) is 1.53. The second-order valence-electron chi connectivity index (χ2n) is 4.16. The number of pyridine rings is 1. The van der Waals surface area contributed by atoms with Crippen LogP contribution in [0.15, 0.2) is 24.5 Å². The first-order valence-electron chi connectivity index (χ1n) is 5.48. The van der Waals surface area contributed by atoms with Crippen molar-refractivity contribution < 1.29 is 0 Å². The van der Waals surface area contributed by atoms with E-state index in [4.69, 9.17) is 0 Å². The molecule has 2 heteroatoms. The van der Waals surface area contributed by atoms with E-state index in [9.17, 15) is 0 Å². The van der Waals surface area contributed by atoms with Crippen LogP contribution in [0.1, 0.15) is 31.2 Å². The number of rotatable bonds is 2. The van der Waals surface area contributed by atoms with Gasteiger partial charge in [-0.1, -0.05) is 6.92 Å². The summed E-state index contributed by atoms with van der Waals surface area (Å²) < 4.78 is 0. The van der Waals surface area contributed by atoms with Crippen molar-refractivity contribution in [3.8, 4) is 0 Å². The summed E-state index contributed by atoms with van der Waals surface area (Å²) in [6, 6.07) is 4.29. The van der Waals surface area contributed by atoms with Crippen molar-refractivity contribution in [3.05, 3.63) is 30.1 Å². The van der Waals surface area contributed by atoms with Gasteiger partial charge in [0.25, 0.3) is 0 Å². The maximum absolute atomic E-state index is 4.06. The van der Waals surface area contributed by atoms with Crippen LogP contribution in [0, 0.1) is 5.92 Å². The van der Waals surface area contributed by atoms with Gasteiger partial charge in [-0.2, -0.15) is 0 Å². The molecular formula is C12H18N2. The molecule has 0 spiro atoms. The number of hydrogen-bond acceptors (Lipinski definition) is 2. The molecule has 1 unspecified atom stereocenters. The lowest BCUT2D eigenvalue weighted by Gasteiger charge is -2.28. The Bertz CT molecular complexity index is 265. The molecule has 0 amide bonds. The van der Waals surface area contributed by atoms with Crippen molar-refractivity contribution in [2.75, 3.05) is 13.1 Å². The summed E-state index contributed by atoms with van der Waals surface area (Å²) in [7, 11) is 0. The van der Waals surface area contributed by atoms with Gasteiger partial charge in [0.2, 0.25) is 0 Å². The molecule has 0 radical (unpaired) electrons. The third-order valence-corrected chi connectivity index (χ3v) is 3.32. The fourth-order valence-electron chi connectivity index (χ4n) is 2.28. The number of nitrogens with one attached hydrogen (secondary N) is 1. The zero-order valence-electron chi connectivity index (χ0n) is 8.74. The summed E-state index contributed by atoms with van der Waals surface area (Å²) in [6.45, 7) is 4.70. The van der Waals surface area contributed by atoms with Crippen molar-refractivity contribution in [2.45, 2.75) is 25.7 Å². The molecule has 1 atom stereocenters. The highest BCUT2D eigenvalue weighted by molar-refractivity contribution is 5.16. The molecule has 0 aliphatic carbocycles. The molecule has 1 fully saturated rings. The summed E-state index contributed by atoms with van der Waals surface area (Å²) in [4.78, 5) is 4.06. The molecule has 1 aliphatic heterocycles. The fourth-order valence-corrected chi connectivity index (χ4v) is 2.28.